The molecule has 0 heterocycles. The highest BCUT2D eigenvalue weighted by atomic mass is 16.5. The monoisotopic (exact) mass is 444 g/mol. The minimum atomic E-state index is -0.616. The Morgan fingerprint density at radius 3 is 1.81 bits per heavy atom. The Balaban J connectivity index is 1.50. The number of carbonyl (C=O) groups excluding carboxylic acids is 2. The van der Waals surface area contributed by atoms with Gasteiger partial charge in [0.25, 0.3) is 0 Å². The summed E-state index contributed by atoms with van der Waals surface area (Å²) >= 11 is 0. The number of carbonyl (C=O) groups is 2. The van der Waals surface area contributed by atoms with Crippen LogP contribution in [0.2, 0.25) is 0 Å². The summed E-state index contributed by atoms with van der Waals surface area (Å²) in [5, 5.41) is 6.07. The molecule has 32 heavy (non-hydrogen) atoms. The van der Waals surface area contributed by atoms with Crippen LogP contribution in [-0.4, -0.2) is 39.2 Å². The molecule has 7 heteroatoms. The van der Waals surface area contributed by atoms with E-state index in [1.165, 1.54) is 40.6 Å². The number of hydrogen-bond acceptors (Lipinski definition) is 5. The van der Waals surface area contributed by atoms with Crippen molar-refractivity contribution in [2.75, 3.05) is 26.6 Å². The fraction of sp³-hybridized carbons (Fsp3) is 0.680. The van der Waals surface area contributed by atoms with Gasteiger partial charge in [0, 0.05) is 23.2 Å². The van der Waals surface area contributed by atoms with Gasteiger partial charge in [-0.2, -0.15) is 0 Å². The molecule has 0 spiro atoms. The first-order chi connectivity index (χ1) is 15.3. The minimum absolute atomic E-state index is 0.0464. The van der Waals surface area contributed by atoms with Gasteiger partial charge in [0.05, 0.1) is 21.3 Å². The lowest BCUT2D eigenvalue weighted by Crippen LogP contribution is -2.57. The Morgan fingerprint density at radius 1 is 0.906 bits per heavy atom. The summed E-state index contributed by atoms with van der Waals surface area (Å²) in [6, 6.07) is 2.77. The molecule has 7 nitrogen and oxygen atoms in total. The van der Waals surface area contributed by atoms with E-state index in [2.05, 4.69) is 10.6 Å². The average Bonchev–Trinajstić information content (AvgIpc) is 2.75. The fourth-order valence-electron chi connectivity index (χ4n) is 6.59. The zero-order valence-electron chi connectivity index (χ0n) is 19.8. The Morgan fingerprint density at radius 2 is 1.41 bits per heavy atom. The molecule has 0 saturated heterocycles. The third-order valence-electron chi connectivity index (χ3n) is 7.69. The zero-order valence-corrected chi connectivity index (χ0v) is 19.8. The van der Waals surface area contributed by atoms with Gasteiger partial charge in [0.2, 0.25) is 17.6 Å². The second kappa shape index (κ2) is 8.83. The lowest BCUT2D eigenvalue weighted by Gasteiger charge is -2.55. The van der Waals surface area contributed by atoms with Gasteiger partial charge < -0.3 is 24.8 Å². The molecule has 0 radical (unpaired) electrons. The largest absolute Gasteiger partial charge is 0.493 e. The molecule has 1 aromatic carbocycles. The van der Waals surface area contributed by atoms with Crippen LogP contribution in [0.5, 0.6) is 17.2 Å². The highest BCUT2D eigenvalue weighted by Crippen LogP contribution is 2.60. The molecule has 0 aromatic heterocycles. The summed E-state index contributed by atoms with van der Waals surface area (Å²) in [6.45, 7) is 3.92. The SMILES string of the molecule is COc1cc(NC(=O)[C@H](NC(=O)C23CC4CC(CC(C4)C2)C3)C(C)C)cc(OC)c1OC. The molecule has 1 aromatic rings. The van der Waals surface area contributed by atoms with Crippen LogP contribution in [-0.2, 0) is 9.59 Å². The van der Waals surface area contributed by atoms with Crippen molar-refractivity contribution in [2.24, 2.45) is 29.1 Å². The number of anilines is 1. The second-order valence-corrected chi connectivity index (χ2v) is 10.3. The summed E-state index contributed by atoms with van der Waals surface area (Å²) in [5.74, 6) is 3.19. The quantitative estimate of drug-likeness (QED) is 0.633. The fourth-order valence-corrected chi connectivity index (χ4v) is 6.59. The number of hydrogen-bond donors (Lipinski definition) is 2. The molecule has 1 atom stereocenters. The molecule has 176 valence electrons. The molecule has 4 bridgehead atoms. The number of nitrogens with one attached hydrogen (secondary N) is 2. The molecular formula is C25H36N2O5. The maximum absolute atomic E-state index is 13.5. The van der Waals surface area contributed by atoms with Crippen molar-refractivity contribution in [3.8, 4) is 17.2 Å². The van der Waals surface area contributed by atoms with Gasteiger partial charge in [-0.05, 0) is 62.2 Å². The van der Waals surface area contributed by atoms with Crippen LogP contribution in [0.3, 0.4) is 0 Å². The number of methoxy groups -OCH3 is 3. The van der Waals surface area contributed by atoms with E-state index in [9.17, 15) is 9.59 Å². The molecule has 0 unspecified atom stereocenters. The van der Waals surface area contributed by atoms with Gasteiger partial charge in [-0.15, -0.1) is 0 Å². The molecule has 0 aliphatic heterocycles. The van der Waals surface area contributed by atoms with Crippen molar-refractivity contribution in [1.82, 2.24) is 5.32 Å². The molecule has 4 saturated carbocycles. The Hall–Kier alpha value is -2.44. The lowest BCUT2D eigenvalue weighted by molar-refractivity contribution is -0.148. The van der Waals surface area contributed by atoms with Gasteiger partial charge in [0.1, 0.15) is 6.04 Å². The molecule has 5 rings (SSSR count). The van der Waals surface area contributed by atoms with Crippen LogP contribution in [0.1, 0.15) is 52.4 Å². The predicted octanol–water partition coefficient (Wildman–Crippen LogP) is 4.01. The maximum Gasteiger partial charge on any atom is 0.247 e. The lowest BCUT2D eigenvalue weighted by atomic mass is 9.49. The first-order valence-electron chi connectivity index (χ1n) is 11.7. The summed E-state index contributed by atoms with van der Waals surface area (Å²) in [5.41, 5.74) is 0.244. The van der Waals surface area contributed by atoms with Crippen molar-refractivity contribution in [2.45, 2.75) is 58.4 Å². The first kappa shape index (κ1) is 22.7. The number of benzene rings is 1. The first-order valence-corrected chi connectivity index (χ1v) is 11.7. The Bertz CT molecular complexity index is 821. The molecule has 4 fully saturated rings. The second-order valence-electron chi connectivity index (χ2n) is 10.3. The van der Waals surface area contributed by atoms with Crippen LogP contribution < -0.4 is 24.8 Å². The third-order valence-corrected chi connectivity index (χ3v) is 7.69. The molecule has 4 aliphatic carbocycles. The minimum Gasteiger partial charge on any atom is -0.493 e. The predicted molar refractivity (Wildman–Crippen MR) is 122 cm³/mol. The molecular weight excluding hydrogens is 408 g/mol. The van der Waals surface area contributed by atoms with Crippen LogP contribution in [0, 0.1) is 29.1 Å². The van der Waals surface area contributed by atoms with E-state index in [1.54, 1.807) is 12.1 Å². The Kier molecular flexibility index (Phi) is 6.28. The van der Waals surface area contributed by atoms with Crippen LogP contribution in [0.25, 0.3) is 0 Å². The topological polar surface area (TPSA) is 85.9 Å². The van der Waals surface area contributed by atoms with Crippen molar-refractivity contribution < 1.29 is 23.8 Å². The normalized spacial score (nSPS) is 28.9. The van der Waals surface area contributed by atoms with E-state index in [-0.39, 0.29) is 23.1 Å². The van der Waals surface area contributed by atoms with Crippen LogP contribution in [0.15, 0.2) is 12.1 Å². The summed E-state index contributed by atoms with van der Waals surface area (Å²) in [7, 11) is 4.60. The summed E-state index contributed by atoms with van der Waals surface area (Å²) < 4.78 is 16.1. The van der Waals surface area contributed by atoms with E-state index < -0.39 is 6.04 Å². The van der Waals surface area contributed by atoms with Gasteiger partial charge in [-0.1, -0.05) is 13.8 Å². The maximum atomic E-state index is 13.5. The number of amides is 2. The average molecular weight is 445 g/mol. The third kappa shape index (κ3) is 4.14. The van der Waals surface area contributed by atoms with Gasteiger partial charge in [-0.25, -0.2) is 0 Å². The molecule has 4 aliphatic rings. The van der Waals surface area contributed by atoms with E-state index in [0.717, 1.165) is 19.3 Å². The standard InChI is InChI=1S/C25H36N2O5/c1-14(2)21(23(28)26-18-9-19(30-3)22(32-5)20(10-18)31-4)27-24(29)25-11-15-6-16(12-25)8-17(7-15)13-25/h9-10,14-17,21H,6-8,11-13H2,1-5H3,(H,26,28)(H,27,29)/t15?,16?,17?,21-,25?/m1/s1. The van der Waals surface area contributed by atoms with Crippen molar-refractivity contribution in [3.63, 3.8) is 0 Å². The highest BCUT2D eigenvalue weighted by Gasteiger charge is 2.55. The summed E-state index contributed by atoms with van der Waals surface area (Å²) in [4.78, 5) is 26.7. The van der Waals surface area contributed by atoms with E-state index in [0.29, 0.717) is 40.7 Å². The van der Waals surface area contributed by atoms with E-state index in [1.807, 2.05) is 13.8 Å². The van der Waals surface area contributed by atoms with Crippen molar-refractivity contribution in [3.05, 3.63) is 12.1 Å². The zero-order chi connectivity index (χ0) is 23.0. The number of rotatable bonds is 8. The van der Waals surface area contributed by atoms with Crippen LogP contribution in [0.4, 0.5) is 5.69 Å². The van der Waals surface area contributed by atoms with Gasteiger partial charge in [-0.3, -0.25) is 9.59 Å². The molecule has 2 N–H and O–H groups in total. The molecule has 2 amide bonds. The smallest absolute Gasteiger partial charge is 0.247 e. The summed E-state index contributed by atoms with van der Waals surface area (Å²) in [6.07, 6.45) is 6.77. The van der Waals surface area contributed by atoms with E-state index >= 15 is 0 Å². The van der Waals surface area contributed by atoms with Crippen molar-refractivity contribution in [1.29, 1.82) is 0 Å². The van der Waals surface area contributed by atoms with Crippen LogP contribution >= 0.6 is 0 Å². The van der Waals surface area contributed by atoms with E-state index in [4.69, 9.17) is 14.2 Å². The number of ether oxygens (including phenoxy) is 3. The Labute approximate surface area is 190 Å². The van der Waals surface area contributed by atoms with Crippen molar-refractivity contribution >= 4 is 17.5 Å². The van der Waals surface area contributed by atoms with Gasteiger partial charge >= 0.3 is 0 Å². The van der Waals surface area contributed by atoms with Gasteiger partial charge in [0.15, 0.2) is 11.5 Å². The highest BCUT2D eigenvalue weighted by molar-refractivity contribution is 5.98.